The lowest BCUT2D eigenvalue weighted by Gasteiger charge is -2.27. The summed E-state index contributed by atoms with van der Waals surface area (Å²) in [7, 11) is 0. The molecule has 1 fully saturated rings. The van der Waals surface area contributed by atoms with Crippen molar-refractivity contribution in [2.75, 3.05) is 31.5 Å². The predicted molar refractivity (Wildman–Crippen MR) is 79.3 cm³/mol. The van der Waals surface area contributed by atoms with E-state index in [1.165, 1.54) is 55.7 Å². The summed E-state index contributed by atoms with van der Waals surface area (Å²) in [5.41, 5.74) is 4.17. The molecule has 0 atom stereocenters. The van der Waals surface area contributed by atoms with E-state index in [4.69, 9.17) is 0 Å². The van der Waals surface area contributed by atoms with Gasteiger partial charge in [-0.1, -0.05) is 31.5 Å². The molecule has 2 rings (SSSR count). The number of likely N-dealkylation sites (tertiary alicyclic amines) is 1. The summed E-state index contributed by atoms with van der Waals surface area (Å²) >= 11 is 0. The Labute approximate surface area is 111 Å². The van der Waals surface area contributed by atoms with Crippen molar-refractivity contribution in [3.05, 3.63) is 29.3 Å². The highest BCUT2D eigenvalue weighted by Crippen LogP contribution is 2.20. The normalized spacial score (nSPS) is 16.8. The molecule has 0 unspecified atom stereocenters. The first kappa shape index (κ1) is 13.4. The van der Waals surface area contributed by atoms with E-state index in [1.54, 1.807) is 0 Å². The van der Waals surface area contributed by atoms with E-state index < -0.39 is 0 Å². The number of piperidine rings is 1. The molecule has 1 heterocycles. The van der Waals surface area contributed by atoms with E-state index in [2.05, 4.69) is 42.3 Å². The van der Waals surface area contributed by atoms with Gasteiger partial charge < -0.3 is 10.2 Å². The first-order chi connectivity index (χ1) is 8.81. The van der Waals surface area contributed by atoms with Gasteiger partial charge >= 0.3 is 0 Å². The highest BCUT2D eigenvalue weighted by atomic mass is 15.1. The van der Waals surface area contributed by atoms with Gasteiger partial charge in [-0.25, -0.2) is 0 Å². The third kappa shape index (κ3) is 3.49. The number of rotatable bonds is 5. The molecule has 0 saturated carbocycles. The van der Waals surface area contributed by atoms with Crippen LogP contribution in [0.2, 0.25) is 0 Å². The minimum absolute atomic E-state index is 1.07. The second-order valence-electron chi connectivity index (χ2n) is 5.29. The molecule has 100 valence electrons. The van der Waals surface area contributed by atoms with Crippen molar-refractivity contribution in [3.63, 3.8) is 0 Å². The standard InChI is InChI=1S/C16H26N2/c1-3-15-9-7-8-14(2)16(15)17-10-13-18-11-5-4-6-12-18/h7-9,17H,3-6,10-13H2,1-2H3. The Kier molecular flexibility index (Phi) is 5.06. The average Bonchev–Trinajstić information content (AvgIpc) is 2.41. The van der Waals surface area contributed by atoms with Crippen LogP contribution in [0.25, 0.3) is 0 Å². The maximum Gasteiger partial charge on any atom is 0.0402 e. The summed E-state index contributed by atoms with van der Waals surface area (Å²) in [4.78, 5) is 2.58. The van der Waals surface area contributed by atoms with Crippen LogP contribution in [-0.4, -0.2) is 31.1 Å². The van der Waals surface area contributed by atoms with E-state index in [-0.39, 0.29) is 0 Å². The quantitative estimate of drug-likeness (QED) is 0.856. The van der Waals surface area contributed by atoms with Crippen LogP contribution < -0.4 is 5.32 Å². The molecule has 1 N–H and O–H groups in total. The van der Waals surface area contributed by atoms with Crippen molar-refractivity contribution in [2.45, 2.75) is 39.5 Å². The van der Waals surface area contributed by atoms with E-state index >= 15 is 0 Å². The molecular weight excluding hydrogens is 220 g/mol. The third-order valence-corrected chi connectivity index (χ3v) is 3.92. The first-order valence-electron chi connectivity index (χ1n) is 7.36. The van der Waals surface area contributed by atoms with Crippen LogP contribution in [0.3, 0.4) is 0 Å². The van der Waals surface area contributed by atoms with Crippen LogP contribution in [0.5, 0.6) is 0 Å². The molecule has 1 aromatic carbocycles. The van der Waals surface area contributed by atoms with Gasteiger partial charge in [0.25, 0.3) is 0 Å². The Bertz CT molecular complexity index is 367. The predicted octanol–water partition coefficient (Wildman–Crippen LogP) is 3.46. The number of nitrogens with zero attached hydrogens (tertiary/aromatic N) is 1. The number of benzene rings is 1. The van der Waals surface area contributed by atoms with E-state index in [0.717, 1.165) is 13.0 Å². The lowest BCUT2D eigenvalue weighted by atomic mass is 10.1. The minimum Gasteiger partial charge on any atom is -0.383 e. The fourth-order valence-electron chi connectivity index (χ4n) is 2.80. The minimum atomic E-state index is 1.07. The second kappa shape index (κ2) is 6.79. The summed E-state index contributed by atoms with van der Waals surface area (Å²) in [6.45, 7) is 9.24. The Balaban J connectivity index is 1.85. The largest absolute Gasteiger partial charge is 0.383 e. The van der Waals surface area contributed by atoms with Crippen LogP contribution >= 0.6 is 0 Å². The van der Waals surface area contributed by atoms with Gasteiger partial charge in [0.2, 0.25) is 0 Å². The third-order valence-electron chi connectivity index (χ3n) is 3.92. The molecule has 1 aliphatic rings. The summed E-state index contributed by atoms with van der Waals surface area (Å²) in [6, 6.07) is 6.59. The highest BCUT2D eigenvalue weighted by molar-refractivity contribution is 5.57. The number of nitrogens with one attached hydrogen (secondary N) is 1. The lowest BCUT2D eigenvalue weighted by molar-refractivity contribution is 0.237. The molecule has 0 aromatic heterocycles. The molecule has 1 aromatic rings. The van der Waals surface area contributed by atoms with Crippen LogP contribution in [0.15, 0.2) is 18.2 Å². The highest BCUT2D eigenvalue weighted by Gasteiger charge is 2.09. The monoisotopic (exact) mass is 246 g/mol. The smallest absolute Gasteiger partial charge is 0.0402 e. The van der Waals surface area contributed by atoms with Crippen LogP contribution in [0, 0.1) is 6.92 Å². The zero-order valence-corrected chi connectivity index (χ0v) is 11.8. The van der Waals surface area contributed by atoms with Crippen LogP contribution in [0.4, 0.5) is 5.69 Å². The summed E-state index contributed by atoms with van der Waals surface area (Å²) in [5, 5.41) is 3.64. The fourth-order valence-corrected chi connectivity index (χ4v) is 2.80. The maximum atomic E-state index is 3.64. The number of para-hydroxylation sites is 1. The number of anilines is 1. The average molecular weight is 246 g/mol. The molecule has 0 aliphatic carbocycles. The zero-order valence-electron chi connectivity index (χ0n) is 11.8. The van der Waals surface area contributed by atoms with E-state index in [1.807, 2.05) is 0 Å². The van der Waals surface area contributed by atoms with Gasteiger partial charge in [0.15, 0.2) is 0 Å². The molecule has 2 heteroatoms. The maximum absolute atomic E-state index is 3.64. The summed E-state index contributed by atoms with van der Waals surface area (Å²) in [5.74, 6) is 0. The molecule has 1 saturated heterocycles. The van der Waals surface area contributed by atoms with Crippen molar-refractivity contribution in [1.82, 2.24) is 4.90 Å². The van der Waals surface area contributed by atoms with Gasteiger partial charge in [-0.05, 0) is 50.4 Å². The van der Waals surface area contributed by atoms with E-state index in [0.29, 0.717) is 0 Å². The Hall–Kier alpha value is -1.02. The number of hydrogen-bond acceptors (Lipinski definition) is 2. The summed E-state index contributed by atoms with van der Waals surface area (Å²) in [6.07, 6.45) is 5.28. The molecule has 0 amide bonds. The van der Waals surface area contributed by atoms with Gasteiger partial charge in [0.05, 0.1) is 0 Å². The van der Waals surface area contributed by atoms with Crippen molar-refractivity contribution in [1.29, 1.82) is 0 Å². The Morgan fingerprint density at radius 2 is 1.94 bits per heavy atom. The van der Waals surface area contributed by atoms with Gasteiger partial charge in [0.1, 0.15) is 0 Å². The topological polar surface area (TPSA) is 15.3 Å². The zero-order chi connectivity index (χ0) is 12.8. The lowest BCUT2D eigenvalue weighted by Crippen LogP contribution is -2.33. The van der Waals surface area contributed by atoms with Gasteiger partial charge in [0, 0.05) is 18.8 Å². The molecule has 0 spiro atoms. The molecule has 1 aliphatic heterocycles. The summed E-state index contributed by atoms with van der Waals surface area (Å²) < 4.78 is 0. The Morgan fingerprint density at radius 1 is 1.17 bits per heavy atom. The molecule has 2 nitrogen and oxygen atoms in total. The van der Waals surface area contributed by atoms with Gasteiger partial charge in [-0.2, -0.15) is 0 Å². The number of hydrogen-bond donors (Lipinski definition) is 1. The van der Waals surface area contributed by atoms with Gasteiger partial charge in [-0.3, -0.25) is 0 Å². The molecule has 0 bridgehead atoms. The van der Waals surface area contributed by atoms with Crippen molar-refractivity contribution in [3.8, 4) is 0 Å². The molecule has 18 heavy (non-hydrogen) atoms. The molecule has 0 radical (unpaired) electrons. The number of aryl methyl sites for hydroxylation is 2. The molecular formula is C16H26N2. The second-order valence-corrected chi connectivity index (χ2v) is 5.29. The fraction of sp³-hybridized carbons (Fsp3) is 0.625. The van der Waals surface area contributed by atoms with Crippen molar-refractivity contribution < 1.29 is 0 Å². The van der Waals surface area contributed by atoms with E-state index in [9.17, 15) is 0 Å². The van der Waals surface area contributed by atoms with Crippen LogP contribution in [-0.2, 0) is 6.42 Å². The van der Waals surface area contributed by atoms with Crippen molar-refractivity contribution >= 4 is 5.69 Å². The van der Waals surface area contributed by atoms with Crippen molar-refractivity contribution in [2.24, 2.45) is 0 Å². The SMILES string of the molecule is CCc1cccc(C)c1NCCN1CCCCC1. The van der Waals surface area contributed by atoms with Gasteiger partial charge in [-0.15, -0.1) is 0 Å². The van der Waals surface area contributed by atoms with Crippen LogP contribution in [0.1, 0.15) is 37.3 Å². The Morgan fingerprint density at radius 3 is 2.67 bits per heavy atom. The first-order valence-corrected chi connectivity index (χ1v) is 7.36.